The lowest BCUT2D eigenvalue weighted by atomic mass is 9.92. The summed E-state index contributed by atoms with van der Waals surface area (Å²) in [5, 5.41) is 0.705. The Balaban J connectivity index is 2.49. The number of carbonyl (C=O) groups excluding carboxylic acids is 1. The van der Waals surface area contributed by atoms with Gasteiger partial charge in [-0.3, -0.25) is 4.79 Å². The van der Waals surface area contributed by atoms with Crippen molar-refractivity contribution in [2.45, 2.75) is 13.8 Å². The minimum Gasteiger partial charge on any atom is -0.465 e. The Labute approximate surface area is 127 Å². The van der Waals surface area contributed by atoms with Crippen LogP contribution in [-0.2, 0) is 9.53 Å². The molecule has 20 heavy (non-hydrogen) atoms. The number of halogens is 1. The molecular formula is C14H13ClN2O2S. The number of nitrogens with zero attached hydrogens (tertiary/aromatic N) is 2. The highest BCUT2D eigenvalue weighted by Crippen LogP contribution is 2.24. The molecule has 104 valence electrons. The lowest BCUT2D eigenvalue weighted by molar-refractivity contribution is -0.143. The van der Waals surface area contributed by atoms with Crippen molar-refractivity contribution in [3.63, 3.8) is 0 Å². The summed E-state index contributed by atoms with van der Waals surface area (Å²) in [4.78, 5) is 20.5. The number of ether oxygens (including phenoxy) is 1. The Morgan fingerprint density at radius 2 is 2.10 bits per heavy atom. The third-order valence-corrected chi connectivity index (χ3v) is 3.36. The monoisotopic (exact) mass is 308 g/mol. The van der Waals surface area contributed by atoms with Crippen LogP contribution in [0.3, 0.4) is 0 Å². The predicted octanol–water partition coefficient (Wildman–Crippen LogP) is 3.07. The second-order valence-electron chi connectivity index (χ2n) is 4.20. The number of carbonyl (C=O) groups is 1. The zero-order chi connectivity index (χ0) is 14.7. The van der Waals surface area contributed by atoms with Gasteiger partial charge in [0.15, 0.2) is 0 Å². The minimum absolute atomic E-state index is 0.193. The number of thiocarbonyl (C=S) groups is 1. The summed E-state index contributed by atoms with van der Waals surface area (Å²) in [6.45, 7) is 3.78. The molecule has 1 aliphatic heterocycles. The molecule has 0 fully saturated rings. The topological polar surface area (TPSA) is 51.0 Å². The molecule has 6 heteroatoms. The van der Waals surface area contributed by atoms with Gasteiger partial charge in [0, 0.05) is 16.3 Å². The summed E-state index contributed by atoms with van der Waals surface area (Å²) < 4.78 is 5.09. The highest BCUT2D eigenvalue weighted by atomic mass is 35.5. The number of benzene rings is 1. The van der Waals surface area contributed by atoms with Gasteiger partial charge in [0.2, 0.25) is 5.11 Å². The molecular weight excluding hydrogens is 296 g/mol. The zero-order valence-electron chi connectivity index (χ0n) is 11.1. The van der Waals surface area contributed by atoms with E-state index in [0.29, 0.717) is 28.6 Å². The van der Waals surface area contributed by atoms with Gasteiger partial charge in [-0.1, -0.05) is 29.8 Å². The highest BCUT2D eigenvalue weighted by molar-refractivity contribution is 7.80. The van der Waals surface area contributed by atoms with Crippen molar-refractivity contribution in [2.24, 2.45) is 15.9 Å². The molecule has 2 rings (SSSR count). The fraction of sp³-hybridized carbons (Fsp3) is 0.286. The van der Waals surface area contributed by atoms with Crippen molar-refractivity contribution in [2.75, 3.05) is 6.61 Å². The molecule has 0 aromatic heterocycles. The van der Waals surface area contributed by atoms with Crippen molar-refractivity contribution in [3.05, 3.63) is 34.9 Å². The van der Waals surface area contributed by atoms with Crippen LogP contribution in [0.1, 0.15) is 19.4 Å². The lowest BCUT2D eigenvalue weighted by Gasteiger charge is -2.21. The molecule has 1 aromatic carbocycles. The molecule has 0 amide bonds. The largest absolute Gasteiger partial charge is 0.465 e. The van der Waals surface area contributed by atoms with Crippen molar-refractivity contribution < 1.29 is 9.53 Å². The van der Waals surface area contributed by atoms with Crippen LogP contribution >= 0.6 is 23.8 Å². The molecule has 0 saturated carbocycles. The Morgan fingerprint density at radius 3 is 2.75 bits per heavy atom. The molecule has 1 heterocycles. The molecule has 0 N–H and O–H groups in total. The van der Waals surface area contributed by atoms with Crippen LogP contribution in [0.5, 0.6) is 0 Å². The van der Waals surface area contributed by atoms with E-state index in [-0.39, 0.29) is 5.11 Å². The van der Waals surface area contributed by atoms with Crippen molar-refractivity contribution >= 4 is 46.3 Å². The Morgan fingerprint density at radius 1 is 1.40 bits per heavy atom. The van der Waals surface area contributed by atoms with Crippen LogP contribution in [0.2, 0.25) is 5.02 Å². The number of hydrogen-bond acceptors (Lipinski definition) is 3. The van der Waals surface area contributed by atoms with Gasteiger partial charge in [-0.15, -0.1) is 0 Å². The Kier molecular flexibility index (Phi) is 4.62. The van der Waals surface area contributed by atoms with E-state index < -0.39 is 11.9 Å². The summed E-state index contributed by atoms with van der Waals surface area (Å²) in [7, 11) is 0. The smallest absolute Gasteiger partial charge is 0.320 e. The lowest BCUT2D eigenvalue weighted by Crippen LogP contribution is -2.36. The first kappa shape index (κ1) is 14.8. The van der Waals surface area contributed by atoms with Gasteiger partial charge in [-0.25, -0.2) is 9.98 Å². The maximum atomic E-state index is 12.1. The molecule has 1 unspecified atom stereocenters. The molecule has 1 atom stereocenters. The molecule has 1 aliphatic rings. The van der Waals surface area contributed by atoms with E-state index >= 15 is 0 Å². The molecule has 0 aliphatic carbocycles. The van der Waals surface area contributed by atoms with E-state index in [2.05, 4.69) is 9.98 Å². The fourth-order valence-electron chi connectivity index (χ4n) is 2.00. The zero-order valence-corrected chi connectivity index (χ0v) is 12.7. The SMILES string of the molecule is CCOC(=O)C1C(C)=NC(=S)N=C1c1ccccc1Cl. The number of rotatable bonds is 3. The second kappa shape index (κ2) is 6.24. The Hall–Kier alpha value is -1.59. The summed E-state index contributed by atoms with van der Waals surface area (Å²) >= 11 is 11.2. The first-order chi connectivity index (χ1) is 9.54. The normalized spacial score (nSPS) is 18.4. The summed E-state index contributed by atoms with van der Waals surface area (Å²) in [6, 6.07) is 7.18. The van der Waals surface area contributed by atoms with Crippen LogP contribution in [-0.4, -0.2) is 29.1 Å². The van der Waals surface area contributed by atoms with Crippen LogP contribution in [0.15, 0.2) is 34.3 Å². The first-order valence-corrected chi connectivity index (χ1v) is 6.92. The van der Waals surface area contributed by atoms with E-state index in [1.54, 1.807) is 26.0 Å². The molecule has 0 radical (unpaired) electrons. The summed E-state index contributed by atoms with van der Waals surface area (Å²) in [6.07, 6.45) is 0. The van der Waals surface area contributed by atoms with E-state index in [1.807, 2.05) is 12.1 Å². The van der Waals surface area contributed by atoms with Gasteiger partial charge < -0.3 is 4.74 Å². The molecule has 4 nitrogen and oxygen atoms in total. The number of hydrogen-bond donors (Lipinski definition) is 0. The van der Waals surface area contributed by atoms with Crippen LogP contribution in [0, 0.1) is 5.92 Å². The maximum Gasteiger partial charge on any atom is 0.320 e. The third kappa shape index (κ3) is 2.94. The minimum atomic E-state index is -0.665. The van der Waals surface area contributed by atoms with Gasteiger partial charge >= 0.3 is 5.97 Å². The van der Waals surface area contributed by atoms with Crippen LogP contribution in [0.4, 0.5) is 0 Å². The van der Waals surface area contributed by atoms with Gasteiger partial charge in [0.1, 0.15) is 5.92 Å². The first-order valence-electron chi connectivity index (χ1n) is 6.13. The van der Waals surface area contributed by atoms with Crippen molar-refractivity contribution in [1.29, 1.82) is 0 Å². The van der Waals surface area contributed by atoms with Crippen molar-refractivity contribution in [3.8, 4) is 0 Å². The van der Waals surface area contributed by atoms with E-state index in [4.69, 9.17) is 28.6 Å². The maximum absolute atomic E-state index is 12.1. The molecule has 1 aromatic rings. The second-order valence-corrected chi connectivity index (χ2v) is 4.97. The number of esters is 1. The van der Waals surface area contributed by atoms with Gasteiger partial charge in [0.25, 0.3) is 0 Å². The van der Waals surface area contributed by atoms with Gasteiger partial charge in [-0.05, 0) is 32.1 Å². The predicted molar refractivity (Wildman–Crippen MR) is 83.8 cm³/mol. The third-order valence-electron chi connectivity index (χ3n) is 2.85. The highest BCUT2D eigenvalue weighted by Gasteiger charge is 2.33. The van der Waals surface area contributed by atoms with Gasteiger partial charge in [0.05, 0.1) is 12.3 Å². The summed E-state index contributed by atoms with van der Waals surface area (Å²) in [5.41, 5.74) is 1.73. The Bertz CT molecular complexity index is 625. The molecule has 0 spiro atoms. The average Bonchev–Trinajstić information content (AvgIpc) is 2.38. The molecule has 0 bridgehead atoms. The quantitative estimate of drug-likeness (QED) is 0.637. The van der Waals surface area contributed by atoms with E-state index in [1.165, 1.54) is 0 Å². The molecule has 0 saturated heterocycles. The van der Waals surface area contributed by atoms with Crippen LogP contribution < -0.4 is 0 Å². The average molecular weight is 309 g/mol. The van der Waals surface area contributed by atoms with Crippen molar-refractivity contribution in [1.82, 2.24) is 0 Å². The summed E-state index contributed by atoms with van der Waals surface area (Å²) in [5.74, 6) is -1.06. The standard InChI is InChI=1S/C14H13ClN2O2S/c1-3-19-13(18)11-8(2)16-14(20)17-12(11)9-6-4-5-7-10(9)15/h4-7,11H,3H2,1-2H3. The van der Waals surface area contributed by atoms with Gasteiger partial charge in [-0.2, -0.15) is 0 Å². The van der Waals surface area contributed by atoms with Crippen LogP contribution in [0.25, 0.3) is 0 Å². The fourth-order valence-corrected chi connectivity index (χ4v) is 2.47. The van der Waals surface area contributed by atoms with E-state index in [9.17, 15) is 4.79 Å². The number of aliphatic imine (C=N–C) groups is 2. The van der Waals surface area contributed by atoms with E-state index in [0.717, 1.165) is 0 Å².